The highest BCUT2D eigenvalue weighted by Gasteiger charge is 2.18. The van der Waals surface area contributed by atoms with Gasteiger partial charge >= 0.3 is 0 Å². The molecule has 2 aromatic rings. The number of amides is 2. The fourth-order valence-corrected chi connectivity index (χ4v) is 2.70. The van der Waals surface area contributed by atoms with E-state index in [9.17, 15) is 9.59 Å². The third-order valence-corrected chi connectivity index (χ3v) is 3.87. The van der Waals surface area contributed by atoms with Crippen molar-refractivity contribution in [3.63, 3.8) is 0 Å². The number of rotatable bonds is 4. The van der Waals surface area contributed by atoms with Crippen LogP contribution >= 0.6 is 0 Å². The largest absolute Gasteiger partial charge is 0.326 e. The monoisotopic (exact) mass is 328 g/mol. The molecule has 0 bridgehead atoms. The highest BCUT2D eigenvalue weighted by Crippen LogP contribution is 2.18. The first-order chi connectivity index (χ1) is 11.6. The van der Waals surface area contributed by atoms with Gasteiger partial charge in [0.1, 0.15) is 0 Å². The lowest BCUT2D eigenvalue weighted by atomic mass is 10.1. The highest BCUT2D eigenvalue weighted by molar-refractivity contribution is 6.03. The molecule has 126 valence electrons. The molecule has 1 aliphatic heterocycles. The lowest BCUT2D eigenvalue weighted by molar-refractivity contribution is -0.114. The Kier molecular flexibility index (Phi) is 4.85. The van der Waals surface area contributed by atoms with E-state index >= 15 is 0 Å². The average molecular weight is 328 g/mol. The minimum absolute atomic E-state index is 0.164. The van der Waals surface area contributed by atoms with Gasteiger partial charge in [-0.2, -0.15) is 0 Å². The van der Waals surface area contributed by atoms with E-state index in [-0.39, 0.29) is 23.6 Å². The molecule has 0 atom stereocenters. The van der Waals surface area contributed by atoms with Gasteiger partial charge in [0.05, 0.1) is 12.2 Å². The second kappa shape index (κ2) is 7.22. The molecule has 8 heteroatoms. The van der Waals surface area contributed by atoms with E-state index in [0.717, 1.165) is 25.9 Å². The summed E-state index contributed by atoms with van der Waals surface area (Å²) in [6.45, 7) is 3.33. The van der Waals surface area contributed by atoms with E-state index in [1.54, 1.807) is 35.1 Å². The van der Waals surface area contributed by atoms with Crippen LogP contribution in [-0.4, -0.2) is 39.9 Å². The zero-order chi connectivity index (χ0) is 16.9. The molecule has 2 heterocycles. The van der Waals surface area contributed by atoms with E-state index < -0.39 is 0 Å². The van der Waals surface area contributed by atoms with E-state index in [1.807, 2.05) is 0 Å². The Bertz CT molecular complexity index is 736. The Labute approximate surface area is 139 Å². The van der Waals surface area contributed by atoms with Crippen molar-refractivity contribution in [1.82, 2.24) is 20.3 Å². The quantitative estimate of drug-likeness (QED) is 0.788. The minimum Gasteiger partial charge on any atom is -0.326 e. The fourth-order valence-electron chi connectivity index (χ4n) is 2.70. The van der Waals surface area contributed by atoms with Crippen molar-refractivity contribution in [3.05, 3.63) is 36.2 Å². The predicted molar refractivity (Wildman–Crippen MR) is 89.9 cm³/mol. The number of hydrogen-bond acceptors (Lipinski definition) is 5. The molecule has 0 radical (unpaired) electrons. The standard InChI is InChI=1S/C16H20N6O2/c1-11(23)18-12-3-2-4-13(9-12)19-16(24)15-10-22(21-20-15)14-5-7-17-8-6-14/h2-4,9-10,14,17H,5-8H2,1H3,(H,18,23)(H,19,24). The molecule has 3 rings (SSSR count). The maximum atomic E-state index is 12.3. The highest BCUT2D eigenvalue weighted by atomic mass is 16.2. The summed E-state index contributed by atoms with van der Waals surface area (Å²) in [6, 6.07) is 7.23. The van der Waals surface area contributed by atoms with Gasteiger partial charge in [-0.3, -0.25) is 9.59 Å². The number of carbonyl (C=O) groups is 2. The molecule has 2 amide bonds. The minimum atomic E-state index is -0.324. The summed E-state index contributed by atoms with van der Waals surface area (Å²) in [5.41, 5.74) is 1.49. The van der Waals surface area contributed by atoms with Crippen LogP contribution in [0.1, 0.15) is 36.3 Å². The number of nitrogens with zero attached hydrogens (tertiary/aromatic N) is 3. The first-order valence-corrected chi connectivity index (χ1v) is 7.93. The molecule has 1 aliphatic rings. The Morgan fingerprint density at radius 3 is 2.62 bits per heavy atom. The van der Waals surface area contributed by atoms with Gasteiger partial charge in [0.15, 0.2) is 5.69 Å². The summed E-state index contributed by atoms with van der Waals surface area (Å²) < 4.78 is 1.77. The molecule has 0 saturated carbocycles. The maximum absolute atomic E-state index is 12.3. The molecule has 0 aliphatic carbocycles. The van der Waals surface area contributed by atoms with E-state index in [4.69, 9.17) is 0 Å². The lowest BCUT2D eigenvalue weighted by Gasteiger charge is -2.22. The van der Waals surface area contributed by atoms with Crippen molar-refractivity contribution in [2.75, 3.05) is 23.7 Å². The van der Waals surface area contributed by atoms with Gasteiger partial charge in [0.25, 0.3) is 5.91 Å². The number of aromatic nitrogens is 3. The Hall–Kier alpha value is -2.74. The molecule has 8 nitrogen and oxygen atoms in total. The molecule has 1 aromatic carbocycles. The van der Waals surface area contributed by atoms with E-state index in [1.165, 1.54) is 6.92 Å². The number of hydrogen-bond donors (Lipinski definition) is 3. The van der Waals surface area contributed by atoms with Gasteiger partial charge in [0.2, 0.25) is 5.91 Å². The lowest BCUT2D eigenvalue weighted by Crippen LogP contribution is -2.29. The molecule has 1 fully saturated rings. The van der Waals surface area contributed by atoms with Gasteiger partial charge in [-0.25, -0.2) is 4.68 Å². The zero-order valence-electron chi connectivity index (χ0n) is 13.5. The summed E-state index contributed by atoms with van der Waals surface area (Å²) in [5, 5.41) is 16.8. The van der Waals surface area contributed by atoms with Crippen molar-refractivity contribution in [2.45, 2.75) is 25.8 Å². The molecular formula is C16H20N6O2. The summed E-state index contributed by atoms with van der Waals surface area (Å²) in [7, 11) is 0. The molecule has 0 unspecified atom stereocenters. The number of benzene rings is 1. The van der Waals surface area contributed by atoms with E-state index in [0.29, 0.717) is 11.4 Å². The van der Waals surface area contributed by atoms with Crippen LogP contribution in [-0.2, 0) is 4.79 Å². The number of nitrogens with one attached hydrogen (secondary N) is 3. The average Bonchev–Trinajstić information content (AvgIpc) is 3.05. The summed E-state index contributed by atoms with van der Waals surface area (Å²) in [5.74, 6) is -0.487. The van der Waals surface area contributed by atoms with Crippen molar-refractivity contribution in [2.24, 2.45) is 0 Å². The van der Waals surface area contributed by atoms with Gasteiger partial charge in [-0.1, -0.05) is 11.3 Å². The smallest absolute Gasteiger partial charge is 0.277 e. The number of carbonyl (C=O) groups excluding carboxylic acids is 2. The molecule has 24 heavy (non-hydrogen) atoms. The van der Waals surface area contributed by atoms with Gasteiger partial charge in [0, 0.05) is 18.3 Å². The first kappa shape index (κ1) is 16.1. The molecule has 1 aromatic heterocycles. The second-order valence-corrected chi connectivity index (χ2v) is 5.78. The SMILES string of the molecule is CC(=O)Nc1cccc(NC(=O)c2cn(C3CCNCC3)nn2)c1. The van der Waals surface area contributed by atoms with Crippen LogP contribution in [0.5, 0.6) is 0 Å². The Morgan fingerprint density at radius 1 is 1.21 bits per heavy atom. The van der Waals surface area contributed by atoms with Crippen LogP contribution in [0, 0.1) is 0 Å². The summed E-state index contributed by atoms with van der Waals surface area (Å²) >= 11 is 0. The predicted octanol–water partition coefficient (Wildman–Crippen LogP) is 1.41. The molecular weight excluding hydrogens is 308 g/mol. The number of piperidine rings is 1. The fraction of sp³-hybridized carbons (Fsp3) is 0.375. The molecule has 3 N–H and O–H groups in total. The molecule has 1 saturated heterocycles. The summed E-state index contributed by atoms with van der Waals surface area (Å²) in [4.78, 5) is 23.4. The normalized spacial score (nSPS) is 15.0. The first-order valence-electron chi connectivity index (χ1n) is 7.93. The maximum Gasteiger partial charge on any atom is 0.277 e. The van der Waals surface area contributed by atoms with Crippen molar-refractivity contribution in [3.8, 4) is 0 Å². The van der Waals surface area contributed by atoms with E-state index in [2.05, 4.69) is 26.3 Å². The van der Waals surface area contributed by atoms with Gasteiger partial charge in [-0.05, 0) is 44.1 Å². The van der Waals surface area contributed by atoms with Gasteiger partial charge < -0.3 is 16.0 Å². The topological polar surface area (TPSA) is 101 Å². The zero-order valence-corrected chi connectivity index (χ0v) is 13.5. The van der Waals surface area contributed by atoms with Crippen LogP contribution in [0.4, 0.5) is 11.4 Å². The van der Waals surface area contributed by atoms with Crippen LogP contribution < -0.4 is 16.0 Å². The second-order valence-electron chi connectivity index (χ2n) is 5.78. The molecule has 0 spiro atoms. The van der Waals surface area contributed by atoms with Crippen molar-refractivity contribution < 1.29 is 9.59 Å². The van der Waals surface area contributed by atoms with Gasteiger partial charge in [-0.15, -0.1) is 5.10 Å². The van der Waals surface area contributed by atoms with Crippen molar-refractivity contribution in [1.29, 1.82) is 0 Å². The van der Waals surface area contributed by atoms with Crippen LogP contribution in [0.2, 0.25) is 0 Å². The Morgan fingerprint density at radius 2 is 1.92 bits per heavy atom. The van der Waals surface area contributed by atoms with Crippen LogP contribution in [0.25, 0.3) is 0 Å². The third kappa shape index (κ3) is 3.96. The summed E-state index contributed by atoms with van der Waals surface area (Å²) in [6.07, 6.45) is 3.63. The van der Waals surface area contributed by atoms with Crippen LogP contribution in [0.3, 0.4) is 0 Å². The third-order valence-electron chi connectivity index (χ3n) is 3.87. The Balaban J connectivity index is 1.66. The van der Waals surface area contributed by atoms with Crippen molar-refractivity contribution >= 4 is 23.2 Å². The van der Waals surface area contributed by atoms with Crippen LogP contribution in [0.15, 0.2) is 30.5 Å². The number of anilines is 2.